The largest absolute Gasteiger partial charge is 0.378 e. The SMILES string of the molecule is COCc1cc(I)on1. The van der Waals surface area contributed by atoms with Crippen LogP contribution in [0, 0.1) is 3.77 Å². The van der Waals surface area contributed by atoms with Crippen LogP contribution in [0.4, 0.5) is 0 Å². The minimum Gasteiger partial charge on any atom is -0.378 e. The van der Waals surface area contributed by atoms with Crippen molar-refractivity contribution < 1.29 is 9.26 Å². The van der Waals surface area contributed by atoms with Gasteiger partial charge in [0.25, 0.3) is 0 Å². The maximum absolute atomic E-state index is 4.82. The number of rotatable bonds is 2. The van der Waals surface area contributed by atoms with Gasteiger partial charge in [-0.1, -0.05) is 5.16 Å². The topological polar surface area (TPSA) is 35.3 Å². The van der Waals surface area contributed by atoms with E-state index in [4.69, 9.17) is 9.26 Å². The van der Waals surface area contributed by atoms with E-state index in [0.29, 0.717) is 6.61 Å². The number of halogens is 1. The summed E-state index contributed by atoms with van der Waals surface area (Å²) in [6, 6.07) is 1.84. The third kappa shape index (κ3) is 1.94. The van der Waals surface area contributed by atoms with Crippen LogP contribution in [0.2, 0.25) is 0 Å². The molecule has 1 rings (SSSR count). The first-order valence-electron chi connectivity index (χ1n) is 2.43. The van der Waals surface area contributed by atoms with E-state index in [1.807, 2.05) is 6.07 Å². The molecule has 0 aliphatic carbocycles. The van der Waals surface area contributed by atoms with Gasteiger partial charge in [-0.2, -0.15) is 0 Å². The van der Waals surface area contributed by atoms with Gasteiger partial charge in [0.15, 0.2) is 3.77 Å². The molecule has 4 heteroatoms. The van der Waals surface area contributed by atoms with Crippen molar-refractivity contribution in [3.05, 3.63) is 15.5 Å². The van der Waals surface area contributed by atoms with E-state index in [-0.39, 0.29) is 0 Å². The minimum atomic E-state index is 0.520. The Morgan fingerprint density at radius 2 is 2.67 bits per heavy atom. The smallest absolute Gasteiger partial charge is 0.196 e. The van der Waals surface area contributed by atoms with E-state index in [1.165, 1.54) is 0 Å². The van der Waals surface area contributed by atoms with Gasteiger partial charge in [0.2, 0.25) is 0 Å². The summed E-state index contributed by atoms with van der Waals surface area (Å²) in [6.45, 7) is 0.520. The maximum Gasteiger partial charge on any atom is 0.196 e. The molecule has 50 valence electrons. The van der Waals surface area contributed by atoms with Crippen molar-refractivity contribution in [1.82, 2.24) is 5.16 Å². The highest BCUT2D eigenvalue weighted by atomic mass is 127. The molecule has 1 aromatic rings. The second-order valence-corrected chi connectivity index (χ2v) is 2.62. The summed E-state index contributed by atoms with van der Waals surface area (Å²) < 4.78 is 10.4. The first-order valence-corrected chi connectivity index (χ1v) is 3.51. The molecule has 0 spiro atoms. The van der Waals surface area contributed by atoms with Crippen LogP contribution in [0.15, 0.2) is 10.6 Å². The fraction of sp³-hybridized carbons (Fsp3) is 0.400. The molecule has 0 aliphatic rings. The number of hydrogen-bond donors (Lipinski definition) is 0. The highest BCUT2D eigenvalue weighted by Gasteiger charge is 1.97. The summed E-state index contributed by atoms with van der Waals surface area (Å²) in [5.41, 5.74) is 0.835. The van der Waals surface area contributed by atoms with Crippen LogP contribution >= 0.6 is 22.6 Å². The second-order valence-electron chi connectivity index (χ2n) is 1.56. The average Bonchev–Trinajstić information content (AvgIpc) is 2.17. The number of methoxy groups -OCH3 is 1. The van der Waals surface area contributed by atoms with Gasteiger partial charge in [0.1, 0.15) is 5.69 Å². The molecule has 0 aliphatic heterocycles. The third-order valence-corrected chi connectivity index (χ3v) is 1.33. The zero-order chi connectivity index (χ0) is 6.69. The zero-order valence-corrected chi connectivity index (χ0v) is 7.08. The van der Waals surface area contributed by atoms with Crippen LogP contribution in [0.3, 0.4) is 0 Å². The predicted molar refractivity (Wildman–Crippen MR) is 39.9 cm³/mol. The Labute approximate surface area is 66.5 Å². The van der Waals surface area contributed by atoms with E-state index >= 15 is 0 Å². The van der Waals surface area contributed by atoms with Crippen LogP contribution in [0.1, 0.15) is 5.69 Å². The number of aromatic nitrogens is 1. The van der Waals surface area contributed by atoms with E-state index in [2.05, 4.69) is 27.7 Å². The van der Waals surface area contributed by atoms with Crippen molar-refractivity contribution in [1.29, 1.82) is 0 Å². The number of hydrogen-bond acceptors (Lipinski definition) is 3. The molecular weight excluding hydrogens is 233 g/mol. The molecule has 0 unspecified atom stereocenters. The Hall–Kier alpha value is -0.100. The lowest BCUT2D eigenvalue weighted by Crippen LogP contribution is -1.84. The van der Waals surface area contributed by atoms with E-state index in [0.717, 1.165) is 9.46 Å². The van der Waals surface area contributed by atoms with E-state index < -0.39 is 0 Å². The minimum absolute atomic E-state index is 0.520. The van der Waals surface area contributed by atoms with Gasteiger partial charge in [-0.3, -0.25) is 0 Å². The van der Waals surface area contributed by atoms with Gasteiger partial charge in [-0.15, -0.1) is 0 Å². The first-order chi connectivity index (χ1) is 4.33. The first kappa shape index (κ1) is 7.01. The number of nitrogens with zero attached hydrogens (tertiary/aromatic N) is 1. The molecule has 0 N–H and O–H groups in total. The molecule has 0 saturated heterocycles. The lowest BCUT2D eigenvalue weighted by molar-refractivity contribution is 0.177. The molecule has 9 heavy (non-hydrogen) atoms. The molecule has 3 nitrogen and oxygen atoms in total. The normalized spacial score (nSPS) is 10.0. The fourth-order valence-electron chi connectivity index (χ4n) is 0.502. The van der Waals surface area contributed by atoms with Gasteiger partial charge in [-0.05, 0) is 0 Å². The molecule has 0 amide bonds. The van der Waals surface area contributed by atoms with Crippen molar-refractivity contribution in [3.8, 4) is 0 Å². The molecule has 1 aromatic heterocycles. The maximum atomic E-state index is 4.82. The van der Waals surface area contributed by atoms with Crippen molar-refractivity contribution in [3.63, 3.8) is 0 Å². The lowest BCUT2D eigenvalue weighted by atomic mass is 10.5. The van der Waals surface area contributed by atoms with Gasteiger partial charge >= 0.3 is 0 Å². The molecule has 0 atom stereocenters. The van der Waals surface area contributed by atoms with Crippen molar-refractivity contribution in [2.75, 3.05) is 7.11 Å². The van der Waals surface area contributed by atoms with Crippen molar-refractivity contribution in [2.24, 2.45) is 0 Å². The third-order valence-electron chi connectivity index (χ3n) is 0.822. The summed E-state index contributed by atoms with van der Waals surface area (Å²) >= 11 is 2.06. The van der Waals surface area contributed by atoms with Gasteiger partial charge < -0.3 is 9.26 Å². The summed E-state index contributed by atoms with van der Waals surface area (Å²) in [4.78, 5) is 0. The summed E-state index contributed by atoms with van der Waals surface area (Å²) in [6.07, 6.45) is 0. The lowest BCUT2D eigenvalue weighted by Gasteiger charge is -1.86. The van der Waals surface area contributed by atoms with Crippen LogP contribution in [0.25, 0.3) is 0 Å². The Kier molecular flexibility index (Phi) is 2.47. The predicted octanol–water partition coefficient (Wildman–Crippen LogP) is 1.43. The molecule has 0 saturated carbocycles. The van der Waals surface area contributed by atoms with Crippen LogP contribution in [-0.2, 0) is 11.3 Å². The van der Waals surface area contributed by atoms with E-state index in [1.54, 1.807) is 7.11 Å². The quantitative estimate of drug-likeness (QED) is 0.732. The molecule has 0 fully saturated rings. The van der Waals surface area contributed by atoms with Crippen molar-refractivity contribution >= 4 is 22.6 Å². The Morgan fingerprint density at radius 3 is 3.11 bits per heavy atom. The molecular formula is C5H6INO2. The highest BCUT2D eigenvalue weighted by Crippen LogP contribution is 2.06. The molecule has 0 radical (unpaired) electrons. The van der Waals surface area contributed by atoms with Gasteiger partial charge in [0, 0.05) is 35.8 Å². The molecule has 0 bridgehead atoms. The van der Waals surface area contributed by atoms with Crippen LogP contribution < -0.4 is 0 Å². The Bertz CT molecular complexity index is 187. The second kappa shape index (κ2) is 3.17. The van der Waals surface area contributed by atoms with E-state index in [9.17, 15) is 0 Å². The summed E-state index contributed by atoms with van der Waals surface area (Å²) in [5, 5.41) is 3.70. The fourth-order valence-corrected chi connectivity index (χ4v) is 0.960. The van der Waals surface area contributed by atoms with Gasteiger partial charge in [-0.25, -0.2) is 0 Å². The highest BCUT2D eigenvalue weighted by molar-refractivity contribution is 14.1. The Balaban J connectivity index is 2.61. The van der Waals surface area contributed by atoms with Gasteiger partial charge in [0.05, 0.1) is 6.61 Å². The summed E-state index contributed by atoms with van der Waals surface area (Å²) in [7, 11) is 1.63. The van der Waals surface area contributed by atoms with Crippen LogP contribution in [0.5, 0.6) is 0 Å². The monoisotopic (exact) mass is 239 g/mol. The average molecular weight is 239 g/mol. The number of ether oxygens (including phenoxy) is 1. The molecule has 1 heterocycles. The van der Waals surface area contributed by atoms with Crippen molar-refractivity contribution in [2.45, 2.75) is 6.61 Å². The molecule has 0 aromatic carbocycles. The zero-order valence-electron chi connectivity index (χ0n) is 4.93. The van der Waals surface area contributed by atoms with Crippen LogP contribution in [-0.4, -0.2) is 12.3 Å². The standard InChI is InChI=1S/C5H6INO2/c1-8-3-4-2-5(6)9-7-4/h2H,3H2,1H3. The Morgan fingerprint density at radius 1 is 1.89 bits per heavy atom. The summed E-state index contributed by atoms with van der Waals surface area (Å²) in [5.74, 6) is 0.